The van der Waals surface area contributed by atoms with Crippen LogP contribution in [0, 0.1) is 17.2 Å². The van der Waals surface area contributed by atoms with E-state index >= 15 is 0 Å². The number of anilines is 1. The lowest BCUT2D eigenvalue weighted by Gasteiger charge is -2.07. The van der Waals surface area contributed by atoms with Gasteiger partial charge in [-0.05, 0) is 12.1 Å². The molecule has 0 saturated carbocycles. The predicted molar refractivity (Wildman–Crippen MR) is 74.4 cm³/mol. The van der Waals surface area contributed by atoms with Crippen LogP contribution in [0.4, 0.5) is 5.69 Å². The summed E-state index contributed by atoms with van der Waals surface area (Å²) >= 11 is 0. The number of aromatic nitrogens is 1. The minimum Gasteiger partial charge on any atom is -0.448 e. The summed E-state index contributed by atoms with van der Waals surface area (Å²) in [5.74, 6) is -2.43. The molecule has 0 aliphatic rings. The number of ketones is 1. The lowest BCUT2D eigenvalue weighted by atomic mass is 10.0. The van der Waals surface area contributed by atoms with Crippen LogP contribution < -0.4 is 5.32 Å². The fraction of sp³-hybridized carbons (Fsp3) is 0.200. The minimum absolute atomic E-state index is 0.0124. The highest BCUT2D eigenvalue weighted by molar-refractivity contribution is 6.14. The number of aryl methyl sites for hydroxylation is 1. The van der Waals surface area contributed by atoms with Gasteiger partial charge in [-0.3, -0.25) is 9.59 Å². The molecule has 0 radical (unpaired) electrons. The van der Waals surface area contributed by atoms with Crippen LogP contribution in [-0.2, 0) is 11.2 Å². The first-order valence-corrected chi connectivity index (χ1v) is 6.39. The van der Waals surface area contributed by atoms with Gasteiger partial charge in [0.05, 0.1) is 6.07 Å². The average Bonchev–Trinajstić information content (AvgIpc) is 2.98. The summed E-state index contributed by atoms with van der Waals surface area (Å²) in [6, 6.07) is 10.3. The number of Topliss-reactive ketones (excluding diaryl/α,β-unsaturated/α-hetero) is 1. The molecule has 1 amide bonds. The smallest absolute Gasteiger partial charge is 0.249 e. The molecule has 1 aromatic heterocycles. The van der Waals surface area contributed by atoms with E-state index in [9.17, 15) is 9.59 Å². The Kier molecular flexibility index (Phi) is 4.46. The molecule has 0 saturated heterocycles. The predicted octanol–water partition coefficient (Wildman–Crippen LogP) is 2.20. The Labute approximate surface area is 121 Å². The first-order valence-electron chi connectivity index (χ1n) is 6.39. The summed E-state index contributed by atoms with van der Waals surface area (Å²) in [7, 11) is 0. The van der Waals surface area contributed by atoms with E-state index in [4.69, 9.17) is 9.68 Å². The second-order valence-electron chi connectivity index (χ2n) is 4.26. The fourth-order valence-electron chi connectivity index (χ4n) is 1.71. The Hall–Kier alpha value is -2.94. The highest BCUT2D eigenvalue weighted by atomic mass is 16.3. The van der Waals surface area contributed by atoms with Gasteiger partial charge in [0.15, 0.2) is 11.8 Å². The molecule has 6 nitrogen and oxygen atoms in total. The second-order valence-corrected chi connectivity index (χ2v) is 4.26. The standard InChI is InChI=1S/C15H13N3O3/c1-2-13-18-12(9-21-13)14(19)11(8-16)15(20)17-10-6-4-3-5-7-10/h3-7,9,11H,2H2,1H3,(H,17,20)/t11-/m0/s1. The molecule has 2 aromatic rings. The van der Waals surface area contributed by atoms with Crippen LogP contribution in [-0.4, -0.2) is 16.7 Å². The maximum atomic E-state index is 12.1. The third-order valence-electron chi connectivity index (χ3n) is 2.80. The molecule has 0 spiro atoms. The molecule has 6 heteroatoms. The minimum atomic E-state index is -1.46. The van der Waals surface area contributed by atoms with Crippen molar-refractivity contribution in [3.63, 3.8) is 0 Å². The Morgan fingerprint density at radius 1 is 1.38 bits per heavy atom. The number of hydrogen-bond acceptors (Lipinski definition) is 5. The molecule has 2 rings (SSSR count). The van der Waals surface area contributed by atoms with Gasteiger partial charge in [-0.25, -0.2) is 4.98 Å². The van der Waals surface area contributed by atoms with Crippen LogP contribution in [0.5, 0.6) is 0 Å². The zero-order valence-corrected chi connectivity index (χ0v) is 11.4. The van der Waals surface area contributed by atoms with E-state index in [-0.39, 0.29) is 5.69 Å². The summed E-state index contributed by atoms with van der Waals surface area (Å²) in [4.78, 5) is 28.1. The van der Waals surface area contributed by atoms with E-state index in [1.807, 2.05) is 6.92 Å². The summed E-state index contributed by atoms with van der Waals surface area (Å²) in [5, 5.41) is 11.6. The normalized spacial score (nSPS) is 11.4. The number of para-hydroxylation sites is 1. The maximum Gasteiger partial charge on any atom is 0.249 e. The highest BCUT2D eigenvalue weighted by Gasteiger charge is 2.29. The fourth-order valence-corrected chi connectivity index (χ4v) is 1.71. The Morgan fingerprint density at radius 3 is 2.67 bits per heavy atom. The van der Waals surface area contributed by atoms with Crippen LogP contribution in [0.15, 0.2) is 41.0 Å². The van der Waals surface area contributed by atoms with E-state index in [0.29, 0.717) is 18.0 Å². The molecule has 0 bridgehead atoms. The summed E-state index contributed by atoms with van der Waals surface area (Å²) < 4.78 is 5.05. The molecule has 1 atom stereocenters. The third-order valence-corrected chi connectivity index (χ3v) is 2.80. The van der Waals surface area contributed by atoms with E-state index in [0.717, 1.165) is 0 Å². The first kappa shape index (κ1) is 14.5. The second kappa shape index (κ2) is 6.48. The number of carbonyl (C=O) groups excluding carboxylic acids is 2. The molecule has 1 heterocycles. The van der Waals surface area contributed by atoms with Crippen molar-refractivity contribution >= 4 is 17.4 Å². The molecule has 1 aromatic carbocycles. The zero-order valence-electron chi connectivity index (χ0n) is 11.4. The first-order chi connectivity index (χ1) is 10.2. The van der Waals surface area contributed by atoms with E-state index in [1.54, 1.807) is 36.4 Å². The number of amides is 1. The number of rotatable bonds is 5. The lowest BCUT2D eigenvalue weighted by Crippen LogP contribution is -2.28. The highest BCUT2D eigenvalue weighted by Crippen LogP contribution is 2.13. The van der Waals surface area contributed by atoms with Gasteiger partial charge in [-0.2, -0.15) is 5.26 Å². The van der Waals surface area contributed by atoms with Crippen LogP contribution >= 0.6 is 0 Å². The largest absolute Gasteiger partial charge is 0.448 e. The van der Waals surface area contributed by atoms with Crippen molar-refractivity contribution in [2.75, 3.05) is 5.32 Å². The van der Waals surface area contributed by atoms with Gasteiger partial charge in [0.2, 0.25) is 11.7 Å². The van der Waals surface area contributed by atoms with Crippen LogP contribution in [0.25, 0.3) is 0 Å². The van der Waals surface area contributed by atoms with Crippen molar-refractivity contribution in [1.82, 2.24) is 4.98 Å². The summed E-state index contributed by atoms with van der Waals surface area (Å²) in [6.45, 7) is 1.82. The Balaban J connectivity index is 2.13. The van der Waals surface area contributed by atoms with E-state index < -0.39 is 17.6 Å². The van der Waals surface area contributed by atoms with Gasteiger partial charge in [0, 0.05) is 12.1 Å². The topological polar surface area (TPSA) is 96.0 Å². The van der Waals surface area contributed by atoms with Gasteiger partial charge in [-0.15, -0.1) is 0 Å². The van der Waals surface area contributed by atoms with Crippen molar-refractivity contribution < 1.29 is 14.0 Å². The molecule has 21 heavy (non-hydrogen) atoms. The molecule has 106 valence electrons. The number of hydrogen-bond donors (Lipinski definition) is 1. The van der Waals surface area contributed by atoms with E-state index in [1.165, 1.54) is 6.26 Å². The summed E-state index contributed by atoms with van der Waals surface area (Å²) in [5.41, 5.74) is 0.506. The van der Waals surface area contributed by atoms with Crippen molar-refractivity contribution in [1.29, 1.82) is 5.26 Å². The van der Waals surface area contributed by atoms with Gasteiger partial charge in [0.25, 0.3) is 0 Å². The zero-order chi connectivity index (χ0) is 15.2. The molecule has 0 unspecified atom stereocenters. The monoisotopic (exact) mass is 283 g/mol. The van der Waals surface area contributed by atoms with Crippen molar-refractivity contribution in [3.8, 4) is 6.07 Å². The lowest BCUT2D eigenvalue weighted by molar-refractivity contribution is -0.117. The van der Waals surface area contributed by atoms with Gasteiger partial charge < -0.3 is 9.73 Å². The summed E-state index contributed by atoms with van der Waals surface area (Å²) in [6.07, 6.45) is 1.70. The molecule has 1 N–H and O–H groups in total. The third kappa shape index (κ3) is 3.34. The molecule has 0 aliphatic heterocycles. The molecular weight excluding hydrogens is 270 g/mol. The molecular formula is C15H13N3O3. The number of oxazole rings is 1. The maximum absolute atomic E-state index is 12.1. The Bertz CT molecular complexity index is 686. The van der Waals surface area contributed by atoms with Crippen molar-refractivity contribution in [3.05, 3.63) is 48.2 Å². The van der Waals surface area contributed by atoms with Gasteiger partial charge >= 0.3 is 0 Å². The van der Waals surface area contributed by atoms with Crippen LogP contribution in [0.1, 0.15) is 23.3 Å². The number of nitrogens with zero attached hydrogens (tertiary/aromatic N) is 2. The quantitative estimate of drug-likeness (QED) is 0.670. The van der Waals surface area contributed by atoms with E-state index in [2.05, 4.69) is 10.3 Å². The van der Waals surface area contributed by atoms with Crippen molar-refractivity contribution in [2.24, 2.45) is 5.92 Å². The Morgan fingerprint density at radius 2 is 2.10 bits per heavy atom. The molecule has 0 aliphatic carbocycles. The van der Waals surface area contributed by atoms with Crippen LogP contribution in [0.3, 0.4) is 0 Å². The van der Waals surface area contributed by atoms with Gasteiger partial charge in [-0.1, -0.05) is 25.1 Å². The number of carbonyl (C=O) groups is 2. The molecule has 0 fully saturated rings. The SMILES string of the molecule is CCc1nc(C(=O)[C@H](C#N)C(=O)Nc2ccccc2)co1. The number of benzene rings is 1. The van der Waals surface area contributed by atoms with Crippen LogP contribution in [0.2, 0.25) is 0 Å². The number of nitrogens with one attached hydrogen (secondary N) is 1. The average molecular weight is 283 g/mol. The van der Waals surface area contributed by atoms with Gasteiger partial charge in [0.1, 0.15) is 12.0 Å². The number of nitriles is 1. The van der Waals surface area contributed by atoms with Crippen molar-refractivity contribution in [2.45, 2.75) is 13.3 Å².